The summed E-state index contributed by atoms with van der Waals surface area (Å²) in [5.74, 6) is 0.722. The number of piperidine rings is 1. The molecule has 0 atom stereocenters. The maximum atomic E-state index is 12.0. The molecule has 110 valence electrons. The fourth-order valence-electron chi connectivity index (χ4n) is 2.22. The lowest BCUT2D eigenvalue weighted by atomic mass is 10.1. The Labute approximate surface area is 119 Å². The predicted molar refractivity (Wildman–Crippen MR) is 77.0 cm³/mol. The fourth-order valence-corrected chi connectivity index (χ4v) is 2.22. The zero-order valence-corrected chi connectivity index (χ0v) is 11.7. The number of nitrogens with two attached hydrogens (primary N) is 1. The topological polar surface area (TPSA) is 68.7 Å². The van der Waals surface area contributed by atoms with Crippen LogP contribution in [0, 0.1) is 0 Å². The Kier molecular flexibility index (Phi) is 5.83. The van der Waals surface area contributed by atoms with Crippen molar-refractivity contribution in [2.45, 2.75) is 25.4 Å². The number of ether oxygens (including phenoxy) is 1. The first-order chi connectivity index (χ1) is 9.79. The van der Waals surface area contributed by atoms with Crippen molar-refractivity contribution in [1.82, 2.24) is 4.90 Å². The van der Waals surface area contributed by atoms with Crippen molar-refractivity contribution in [3.8, 4) is 0 Å². The van der Waals surface area contributed by atoms with E-state index in [2.05, 4.69) is 0 Å². The highest BCUT2D eigenvalue weighted by Gasteiger charge is 2.21. The molecule has 2 rings (SSSR count). The van der Waals surface area contributed by atoms with Crippen LogP contribution in [0.2, 0.25) is 0 Å². The molecule has 5 nitrogen and oxygen atoms in total. The van der Waals surface area contributed by atoms with Gasteiger partial charge < -0.3 is 19.8 Å². The number of furan rings is 1. The van der Waals surface area contributed by atoms with Gasteiger partial charge in [-0.2, -0.15) is 0 Å². The Morgan fingerprint density at radius 2 is 2.30 bits per heavy atom. The monoisotopic (exact) mass is 278 g/mol. The predicted octanol–water partition coefficient (Wildman–Crippen LogP) is 1.65. The van der Waals surface area contributed by atoms with Crippen molar-refractivity contribution >= 4 is 12.0 Å². The molecule has 0 aromatic carbocycles. The summed E-state index contributed by atoms with van der Waals surface area (Å²) in [6.07, 6.45) is 7.80. The average Bonchev–Trinajstić information content (AvgIpc) is 2.99. The SMILES string of the molecule is NCCCOC1CCN(C(=O)C=Cc2ccco2)CC1. The zero-order chi connectivity index (χ0) is 14.2. The lowest BCUT2D eigenvalue weighted by Crippen LogP contribution is -2.40. The van der Waals surface area contributed by atoms with E-state index >= 15 is 0 Å². The molecule has 0 unspecified atom stereocenters. The maximum absolute atomic E-state index is 12.0. The molecule has 1 aromatic rings. The third kappa shape index (κ3) is 4.51. The Hall–Kier alpha value is -1.59. The summed E-state index contributed by atoms with van der Waals surface area (Å²) in [5.41, 5.74) is 5.43. The van der Waals surface area contributed by atoms with Crippen LogP contribution in [-0.4, -0.2) is 43.2 Å². The average molecular weight is 278 g/mol. The van der Waals surface area contributed by atoms with Gasteiger partial charge in [0.05, 0.1) is 12.4 Å². The van der Waals surface area contributed by atoms with Crippen molar-refractivity contribution in [3.05, 3.63) is 30.2 Å². The number of likely N-dealkylation sites (tertiary alicyclic amines) is 1. The highest BCUT2D eigenvalue weighted by molar-refractivity contribution is 5.91. The summed E-state index contributed by atoms with van der Waals surface area (Å²) >= 11 is 0. The van der Waals surface area contributed by atoms with Crippen LogP contribution in [0.1, 0.15) is 25.0 Å². The minimum Gasteiger partial charge on any atom is -0.465 e. The Morgan fingerprint density at radius 1 is 1.50 bits per heavy atom. The van der Waals surface area contributed by atoms with Crippen molar-refractivity contribution in [2.24, 2.45) is 5.73 Å². The Bertz CT molecular complexity index is 420. The molecule has 1 aliphatic heterocycles. The summed E-state index contributed by atoms with van der Waals surface area (Å²) in [6, 6.07) is 3.62. The van der Waals surface area contributed by atoms with E-state index in [0.717, 1.165) is 32.4 Å². The van der Waals surface area contributed by atoms with Gasteiger partial charge in [-0.05, 0) is 44.0 Å². The molecule has 20 heavy (non-hydrogen) atoms. The lowest BCUT2D eigenvalue weighted by Gasteiger charge is -2.31. The van der Waals surface area contributed by atoms with E-state index in [0.29, 0.717) is 18.9 Å². The minimum absolute atomic E-state index is 0.0295. The van der Waals surface area contributed by atoms with Gasteiger partial charge in [0.2, 0.25) is 5.91 Å². The highest BCUT2D eigenvalue weighted by atomic mass is 16.5. The molecule has 1 aromatic heterocycles. The first-order valence-corrected chi connectivity index (χ1v) is 7.12. The van der Waals surface area contributed by atoms with Crippen LogP contribution >= 0.6 is 0 Å². The summed E-state index contributed by atoms with van der Waals surface area (Å²) in [5, 5.41) is 0. The second-order valence-electron chi connectivity index (χ2n) is 4.89. The molecular formula is C15H22N2O3. The molecule has 1 saturated heterocycles. The minimum atomic E-state index is 0.0295. The number of rotatable bonds is 6. The van der Waals surface area contributed by atoms with Crippen LogP contribution in [0.15, 0.2) is 28.9 Å². The molecule has 0 bridgehead atoms. The van der Waals surface area contributed by atoms with E-state index < -0.39 is 0 Å². The number of nitrogens with zero attached hydrogens (tertiary/aromatic N) is 1. The molecule has 2 N–H and O–H groups in total. The van der Waals surface area contributed by atoms with Crippen LogP contribution in [0.3, 0.4) is 0 Å². The normalized spacial score (nSPS) is 16.9. The van der Waals surface area contributed by atoms with E-state index in [-0.39, 0.29) is 12.0 Å². The quantitative estimate of drug-likeness (QED) is 0.634. The van der Waals surface area contributed by atoms with Gasteiger partial charge in [0.15, 0.2) is 0 Å². The number of carbonyl (C=O) groups is 1. The van der Waals surface area contributed by atoms with E-state index in [1.807, 2.05) is 11.0 Å². The van der Waals surface area contributed by atoms with Gasteiger partial charge in [-0.3, -0.25) is 4.79 Å². The maximum Gasteiger partial charge on any atom is 0.246 e. The van der Waals surface area contributed by atoms with Crippen LogP contribution in [-0.2, 0) is 9.53 Å². The van der Waals surface area contributed by atoms with Crippen LogP contribution in [0.5, 0.6) is 0 Å². The van der Waals surface area contributed by atoms with E-state index in [9.17, 15) is 4.79 Å². The second kappa shape index (κ2) is 7.87. The smallest absolute Gasteiger partial charge is 0.246 e. The summed E-state index contributed by atoms with van der Waals surface area (Å²) < 4.78 is 10.9. The molecular weight excluding hydrogens is 256 g/mol. The van der Waals surface area contributed by atoms with Crippen molar-refractivity contribution in [1.29, 1.82) is 0 Å². The number of carbonyl (C=O) groups excluding carboxylic acids is 1. The molecule has 0 saturated carbocycles. The molecule has 1 fully saturated rings. The van der Waals surface area contributed by atoms with Crippen LogP contribution in [0.25, 0.3) is 6.08 Å². The zero-order valence-electron chi connectivity index (χ0n) is 11.7. The first-order valence-electron chi connectivity index (χ1n) is 7.12. The van der Waals surface area contributed by atoms with E-state index in [1.165, 1.54) is 0 Å². The second-order valence-corrected chi connectivity index (χ2v) is 4.89. The van der Waals surface area contributed by atoms with Crippen LogP contribution in [0.4, 0.5) is 0 Å². The van der Waals surface area contributed by atoms with Gasteiger partial charge in [0, 0.05) is 25.8 Å². The standard InChI is InChI=1S/C15H22N2O3/c16-8-2-12-20-14-6-9-17(10-7-14)15(18)5-4-13-3-1-11-19-13/h1,3-5,11,14H,2,6-10,12,16H2. The number of hydrogen-bond donors (Lipinski definition) is 1. The molecule has 5 heteroatoms. The highest BCUT2D eigenvalue weighted by Crippen LogP contribution is 2.14. The van der Waals surface area contributed by atoms with Gasteiger partial charge in [0.1, 0.15) is 5.76 Å². The summed E-state index contributed by atoms with van der Waals surface area (Å²) in [7, 11) is 0. The molecule has 2 heterocycles. The largest absolute Gasteiger partial charge is 0.465 e. The molecule has 0 aliphatic carbocycles. The first kappa shape index (κ1) is 14.8. The third-order valence-corrected chi connectivity index (χ3v) is 3.39. The molecule has 1 aliphatic rings. The Morgan fingerprint density at radius 3 is 2.95 bits per heavy atom. The van der Waals surface area contributed by atoms with Gasteiger partial charge in [-0.15, -0.1) is 0 Å². The van der Waals surface area contributed by atoms with Crippen molar-refractivity contribution in [2.75, 3.05) is 26.2 Å². The van der Waals surface area contributed by atoms with Crippen molar-refractivity contribution in [3.63, 3.8) is 0 Å². The van der Waals surface area contributed by atoms with E-state index in [1.54, 1.807) is 24.5 Å². The van der Waals surface area contributed by atoms with E-state index in [4.69, 9.17) is 14.9 Å². The van der Waals surface area contributed by atoms with Gasteiger partial charge in [0.25, 0.3) is 0 Å². The van der Waals surface area contributed by atoms with Crippen LogP contribution < -0.4 is 5.73 Å². The van der Waals surface area contributed by atoms with Crippen molar-refractivity contribution < 1.29 is 13.9 Å². The molecule has 0 spiro atoms. The Balaban J connectivity index is 1.71. The summed E-state index contributed by atoms with van der Waals surface area (Å²) in [4.78, 5) is 13.8. The fraction of sp³-hybridized carbons (Fsp3) is 0.533. The van der Waals surface area contributed by atoms with Gasteiger partial charge in [-0.1, -0.05) is 0 Å². The van der Waals surface area contributed by atoms with Gasteiger partial charge in [-0.25, -0.2) is 0 Å². The summed E-state index contributed by atoms with van der Waals surface area (Å²) in [6.45, 7) is 2.87. The number of amides is 1. The third-order valence-electron chi connectivity index (χ3n) is 3.39. The number of hydrogen-bond acceptors (Lipinski definition) is 4. The molecule has 1 amide bonds. The lowest BCUT2D eigenvalue weighted by molar-refractivity contribution is -0.128. The molecule has 0 radical (unpaired) electrons. The van der Waals surface area contributed by atoms with Gasteiger partial charge >= 0.3 is 0 Å².